The van der Waals surface area contributed by atoms with Crippen molar-refractivity contribution in [2.75, 3.05) is 13.7 Å². The zero-order chi connectivity index (χ0) is 21.6. The zero-order valence-electron chi connectivity index (χ0n) is 15.5. The van der Waals surface area contributed by atoms with Gasteiger partial charge in [0.1, 0.15) is 30.2 Å². The van der Waals surface area contributed by atoms with Crippen molar-refractivity contribution < 1.29 is 34.3 Å². The predicted molar refractivity (Wildman–Crippen MR) is 106 cm³/mol. The monoisotopic (exact) mass is 454 g/mol. The van der Waals surface area contributed by atoms with E-state index in [1.54, 1.807) is 31.4 Å². The van der Waals surface area contributed by atoms with Crippen molar-refractivity contribution in [3.8, 4) is 17.2 Å². The number of rotatable bonds is 4. The Morgan fingerprint density at radius 1 is 1.10 bits per heavy atom. The second-order valence-electron chi connectivity index (χ2n) is 6.60. The molecule has 1 saturated heterocycles. The summed E-state index contributed by atoms with van der Waals surface area (Å²) in [7, 11) is 1.56. The number of benzene rings is 1. The van der Waals surface area contributed by atoms with Gasteiger partial charge in [0, 0.05) is 5.56 Å². The van der Waals surface area contributed by atoms with Crippen molar-refractivity contribution in [2.45, 2.75) is 30.6 Å². The molecule has 30 heavy (non-hydrogen) atoms. The number of hydrogen-bond acceptors (Lipinski definition) is 11. The summed E-state index contributed by atoms with van der Waals surface area (Å²) in [6, 6.07) is 6.97. The van der Waals surface area contributed by atoms with Gasteiger partial charge in [-0.05, 0) is 48.7 Å². The van der Waals surface area contributed by atoms with Crippen LogP contribution in [-0.4, -0.2) is 77.7 Å². The van der Waals surface area contributed by atoms with E-state index in [0.29, 0.717) is 11.3 Å². The summed E-state index contributed by atoms with van der Waals surface area (Å²) < 4.78 is 18.6. The highest BCUT2D eigenvalue weighted by molar-refractivity contribution is 7.72. The first-order chi connectivity index (χ1) is 14.3. The third-order valence-electron chi connectivity index (χ3n) is 4.80. The van der Waals surface area contributed by atoms with Gasteiger partial charge >= 0.3 is 5.84 Å². The Bertz CT molecular complexity index is 1170. The zero-order valence-corrected chi connectivity index (χ0v) is 17.2. The van der Waals surface area contributed by atoms with E-state index in [9.17, 15) is 20.4 Å². The number of methoxy groups -OCH3 is 1. The number of fused-ring (bicyclic) bond motifs is 1. The lowest BCUT2D eigenvalue weighted by Gasteiger charge is -2.40. The lowest BCUT2D eigenvalue weighted by atomic mass is 9.98. The maximum absolute atomic E-state index is 10.4. The van der Waals surface area contributed by atoms with Crippen LogP contribution in [0.5, 0.6) is 5.75 Å². The number of aliphatic hydroxyl groups is 4. The fourth-order valence-electron chi connectivity index (χ4n) is 3.16. The van der Waals surface area contributed by atoms with E-state index in [0.717, 1.165) is 0 Å². The van der Waals surface area contributed by atoms with Gasteiger partial charge in [-0.2, -0.15) is 9.50 Å². The van der Waals surface area contributed by atoms with Crippen molar-refractivity contribution in [3.63, 3.8) is 0 Å². The molecule has 1 aliphatic rings. The minimum atomic E-state index is -1.59. The first-order valence-corrected chi connectivity index (χ1v) is 9.64. The van der Waals surface area contributed by atoms with E-state index in [1.807, 2.05) is 0 Å². The molecule has 0 amide bonds. The average Bonchev–Trinajstić information content (AvgIpc) is 3.18. The molecule has 3 aromatic rings. The Kier molecular flexibility index (Phi) is 5.67. The minimum Gasteiger partial charge on any atom is -0.497 e. The van der Waals surface area contributed by atoms with Crippen LogP contribution in [0.2, 0.25) is 0 Å². The van der Waals surface area contributed by atoms with E-state index in [1.165, 1.54) is 9.08 Å². The molecular formula is C17H18N4O7S2. The smallest absolute Gasteiger partial charge is 0.330 e. The third kappa shape index (κ3) is 3.43. The molecule has 1 fully saturated rings. The lowest BCUT2D eigenvalue weighted by Crippen LogP contribution is -2.56. The summed E-state index contributed by atoms with van der Waals surface area (Å²) >= 11 is 10.7. The van der Waals surface area contributed by atoms with Crippen LogP contribution < -0.4 is 4.74 Å². The highest BCUT2D eigenvalue weighted by Crippen LogP contribution is 2.29. The SMILES string of the molecule is COc1ccc(-c2nn3c(=S)n([C@@H]4O[C@H](CO)[C@@H](O)[C@H](O)[C@H]4O)c(=S)nc3o2)cc1. The maximum Gasteiger partial charge on any atom is 0.330 e. The molecule has 160 valence electrons. The van der Waals surface area contributed by atoms with E-state index in [2.05, 4.69) is 10.1 Å². The van der Waals surface area contributed by atoms with Gasteiger partial charge in [-0.1, -0.05) is 0 Å². The number of ether oxygens (including phenoxy) is 2. The van der Waals surface area contributed by atoms with Crippen molar-refractivity contribution in [3.05, 3.63) is 33.8 Å². The van der Waals surface area contributed by atoms with Crippen LogP contribution >= 0.6 is 24.4 Å². The first kappa shape index (κ1) is 21.0. The summed E-state index contributed by atoms with van der Waals surface area (Å²) in [4.78, 5) is 4.14. The van der Waals surface area contributed by atoms with Crippen LogP contribution in [0.1, 0.15) is 6.23 Å². The van der Waals surface area contributed by atoms with Crippen LogP contribution in [-0.2, 0) is 4.74 Å². The molecule has 0 spiro atoms. The van der Waals surface area contributed by atoms with Gasteiger partial charge in [0.15, 0.2) is 6.23 Å². The topological polar surface area (TPSA) is 148 Å². The van der Waals surface area contributed by atoms with Gasteiger partial charge in [0.2, 0.25) is 15.4 Å². The molecular weight excluding hydrogens is 436 g/mol. The predicted octanol–water partition coefficient (Wildman–Crippen LogP) is 0.231. The summed E-state index contributed by atoms with van der Waals surface area (Å²) in [5.74, 6) is 0.909. The van der Waals surface area contributed by atoms with E-state index >= 15 is 0 Å². The van der Waals surface area contributed by atoms with E-state index in [4.69, 9.17) is 38.3 Å². The number of aromatic nitrogens is 4. The normalized spacial score (nSPS) is 26.8. The van der Waals surface area contributed by atoms with Gasteiger partial charge in [0.25, 0.3) is 0 Å². The van der Waals surface area contributed by atoms with Crippen molar-refractivity contribution in [1.82, 2.24) is 19.2 Å². The molecule has 1 aliphatic heterocycles. The average molecular weight is 454 g/mol. The Hall–Kier alpha value is -2.26. The molecule has 2 aromatic heterocycles. The molecule has 0 saturated carbocycles. The number of hydrogen-bond donors (Lipinski definition) is 4. The lowest BCUT2D eigenvalue weighted by molar-refractivity contribution is -0.252. The molecule has 0 radical (unpaired) electrons. The summed E-state index contributed by atoms with van der Waals surface area (Å²) in [5.41, 5.74) is 0.640. The molecule has 4 N–H and O–H groups in total. The quantitative estimate of drug-likeness (QED) is 0.402. The van der Waals surface area contributed by atoms with Crippen molar-refractivity contribution >= 4 is 30.3 Å². The van der Waals surface area contributed by atoms with Crippen molar-refractivity contribution in [2.24, 2.45) is 0 Å². The number of aliphatic hydroxyl groups excluding tert-OH is 4. The fraction of sp³-hybridized carbons (Fsp3) is 0.412. The standard InChI is InChI=1S/C17H18N4O7S2/c1-26-8-4-2-7(3-5-8)13-19-21-15(28-13)18-16(29)20(17(21)30)14-12(25)11(24)10(23)9(6-22)27-14/h2-5,9-12,14,22-25H,6H2,1H3/t9-,10-,11+,12-,14-/m1/s1. The highest BCUT2D eigenvalue weighted by atomic mass is 32.1. The van der Waals surface area contributed by atoms with Crippen molar-refractivity contribution in [1.29, 1.82) is 0 Å². The molecule has 0 aliphatic carbocycles. The summed E-state index contributed by atoms with van der Waals surface area (Å²) in [6.45, 7) is -0.587. The van der Waals surface area contributed by atoms with Crippen LogP contribution in [0.25, 0.3) is 17.3 Å². The fourth-order valence-corrected chi connectivity index (χ4v) is 3.80. The first-order valence-electron chi connectivity index (χ1n) is 8.83. The van der Waals surface area contributed by atoms with Gasteiger partial charge in [0.05, 0.1) is 13.7 Å². The van der Waals surface area contributed by atoms with E-state index in [-0.39, 0.29) is 21.3 Å². The number of nitrogens with zero attached hydrogens (tertiary/aromatic N) is 4. The molecule has 11 nitrogen and oxygen atoms in total. The third-order valence-corrected chi connectivity index (χ3v) is 5.46. The molecule has 4 rings (SSSR count). The van der Waals surface area contributed by atoms with Crippen LogP contribution in [0.15, 0.2) is 28.7 Å². The van der Waals surface area contributed by atoms with Gasteiger partial charge < -0.3 is 34.3 Å². The molecule has 13 heteroatoms. The van der Waals surface area contributed by atoms with Crippen LogP contribution in [0, 0.1) is 9.54 Å². The second-order valence-corrected chi connectivity index (χ2v) is 7.33. The highest BCUT2D eigenvalue weighted by Gasteiger charge is 2.45. The summed E-state index contributed by atoms with van der Waals surface area (Å²) in [6.07, 6.45) is -7.11. The van der Waals surface area contributed by atoms with Crippen LogP contribution in [0.3, 0.4) is 0 Å². The molecule has 0 unspecified atom stereocenters. The summed E-state index contributed by atoms with van der Waals surface area (Å²) in [5, 5.41) is 44.2. The Morgan fingerprint density at radius 2 is 1.80 bits per heavy atom. The Morgan fingerprint density at radius 3 is 2.43 bits per heavy atom. The second kappa shape index (κ2) is 8.11. The molecule has 1 aromatic carbocycles. The van der Waals surface area contributed by atoms with Crippen LogP contribution in [0.4, 0.5) is 0 Å². The largest absolute Gasteiger partial charge is 0.497 e. The molecule has 5 atom stereocenters. The van der Waals surface area contributed by atoms with Gasteiger partial charge in [-0.3, -0.25) is 4.57 Å². The maximum atomic E-state index is 10.4. The Balaban J connectivity index is 1.80. The minimum absolute atomic E-state index is 0.0159. The van der Waals surface area contributed by atoms with Gasteiger partial charge in [-0.15, -0.1) is 5.10 Å². The van der Waals surface area contributed by atoms with E-state index < -0.39 is 37.3 Å². The molecule has 0 bridgehead atoms. The molecule has 3 heterocycles. The Labute approximate surface area is 179 Å². The van der Waals surface area contributed by atoms with Gasteiger partial charge in [-0.25, -0.2) is 0 Å².